The van der Waals surface area contributed by atoms with Crippen LogP contribution in [-0.2, 0) is 11.8 Å². The Morgan fingerprint density at radius 3 is 1.62 bits per heavy atom. The molecule has 1 aliphatic heterocycles. The summed E-state index contributed by atoms with van der Waals surface area (Å²) >= 11 is 0. The molecule has 0 saturated heterocycles. The topological polar surface area (TPSA) is 60.8 Å². The summed E-state index contributed by atoms with van der Waals surface area (Å²) in [7, 11) is 0. The van der Waals surface area contributed by atoms with E-state index in [1.807, 2.05) is 72.9 Å². The third-order valence-corrected chi connectivity index (χ3v) is 12.3. The van der Waals surface area contributed by atoms with E-state index in [0.717, 1.165) is 80.1 Å². The number of hydrogen-bond donors (Lipinski definition) is 0. The third-order valence-electron chi connectivity index (χ3n) is 12.3. The molecule has 60 heavy (non-hydrogen) atoms. The van der Waals surface area contributed by atoms with E-state index >= 15 is 0 Å². The van der Waals surface area contributed by atoms with Gasteiger partial charge in [0, 0.05) is 39.6 Å². The number of aryl methyl sites for hydroxylation is 1. The predicted octanol–water partition coefficient (Wildman–Crippen LogP) is 12.8. The van der Waals surface area contributed by atoms with E-state index in [1.165, 1.54) is 27.8 Å². The van der Waals surface area contributed by atoms with Gasteiger partial charge in [-0.1, -0.05) is 164 Å². The molecular weight excluding hydrogens is 733 g/mol. The van der Waals surface area contributed by atoms with E-state index in [2.05, 4.69) is 121 Å². The summed E-state index contributed by atoms with van der Waals surface area (Å²) in [5.74, 6) is 3.58. The first-order valence-electron chi connectivity index (χ1n) is 20.5. The fourth-order valence-electron chi connectivity index (χ4n) is 9.64. The fraction of sp³-hybridized carbons (Fsp3) is 0.0545. The van der Waals surface area contributed by atoms with Crippen molar-refractivity contribution in [2.45, 2.75) is 18.3 Å². The van der Waals surface area contributed by atoms with Crippen molar-refractivity contribution in [1.82, 2.24) is 19.9 Å². The van der Waals surface area contributed by atoms with Crippen molar-refractivity contribution in [3.63, 3.8) is 0 Å². The molecular formula is C55H36N4O. The second-order valence-electron chi connectivity index (χ2n) is 15.7. The largest absolute Gasteiger partial charge is 0.457 e. The van der Waals surface area contributed by atoms with Gasteiger partial charge in [-0.05, 0) is 81.6 Å². The summed E-state index contributed by atoms with van der Waals surface area (Å²) in [5, 5.41) is 0. The van der Waals surface area contributed by atoms with Gasteiger partial charge in [0.25, 0.3) is 0 Å². The maximum Gasteiger partial charge on any atom is 0.164 e. The molecule has 5 heteroatoms. The molecule has 2 aromatic heterocycles. The second kappa shape index (κ2) is 13.7. The van der Waals surface area contributed by atoms with Crippen molar-refractivity contribution in [3.05, 3.63) is 233 Å². The molecule has 0 bridgehead atoms. The van der Waals surface area contributed by atoms with Crippen LogP contribution in [0.3, 0.4) is 0 Å². The predicted molar refractivity (Wildman–Crippen MR) is 239 cm³/mol. The number of fused-ring (bicyclic) bond motifs is 10. The molecule has 3 aliphatic rings. The zero-order valence-electron chi connectivity index (χ0n) is 32.6. The monoisotopic (exact) mass is 768 g/mol. The Kier molecular flexibility index (Phi) is 7.82. The summed E-state index contributed by atoms with van der Waals surface area (Å²) in [6, 6.07) is 64.2. The van der Waals surface area contributed by atoms with Gasteiger partial charge in [-0.15, -0.1) is 0 Å². The summed E-state index contributed by atoms with van der Waals surface area (Å²) in [4.78, 5) is 19.8. The molecule has 0 atom stereocenters. The Balaban J connectivity index is 1.02. The van der Waals surface area contributed by atoms with Crippen LogP contribution >= 0.6 is 0 Å². The van der Waals surface area contributed by atoms with Gasteiger partial charge in [0.15, 0.2) is 17.5 Å². The van der Waals surface area contributed by atoms with Gasteiger partial charge in [-0.3, -0.25) is 4.98 Å². The molecule has 0 saturated carbocycles. The molecule has 7 aromatic carbocycles. The van der Waals surface area contributed by atoms with Gasteiger partial charge in [0.2, 0.25) is 0 Å². The highest BCUT2D eigenvalue weighted by atomic mass is 16.5. The van der Waals surface area contributed by atoms with Crippen LogP contribution in [0.15, 0.2) is 194 Å². The number of rotatable bonds is 5. The number of benzene rings is 7. The number of ether oxygens (including phenoxy) is 1. The van der Waals surface area contributed by atoms with Crippen LogP contribution in [0.4, 0.5) is 0 Å². The summed E-state index contributed by atoms with van der Waals surface area (Å²) in [6.07, 6.45) is 6.20. The zero-order valence-corrected chi connectivity index (χ0v) is 32.6. The lowest BCUT2D eigenvalue weighted by atomic mass is 9.65. The van der Waals surface area contributed by atoms with E-state index in [9.17, 15) is 0 Å². The molecule has 3 heterocycles. The first kappa shape index (κ1) is 34.3. The summed E-state index contributed by atoms with van der Waals surface area (Å²) < 4.78 is 7.14. The second-order valence-corrected chi connectivity index (χ2v) is 15.7. The minimum absolute atomic E-state index is 0.571. The summed E-state index contributed by atoms with van der Waals surface area (Å²) in [5.41, 5.74) is 16.2. The molecule has 0 N–H and O–H groups in total. The fourth-order valence-corrected chi connectivity index (χ4v) is 9.64. The summed E-state index contributed by atoms with van der Waals surface area (Å²) in [6.45, 7) is 0. The highest BCUT2D eigenvalue weighted by Gasteiger charge is 2.51. The van der Waals surface area contributed by atoms with E-state index < -0.39 is 5.41 Å². The molecule has 5 nitrogen and oxygen atoms in total. The number of hydrogen-bond acceptors (Lipinski definition) is 5. The van der Waals surface area contributed by atoms with Gasteiger partial charge >= 0.3 is 0 Å². The van der Waals surface area contributed by atoms with Crippen LogP contribution < -0.4 is 4.74 Å². The zero-order chi connectivity index (χ0) is 39.6. The van der Waals surface area contributed by atoms with E-state index in [1.54, 1.807) is 0 Å². The van der Waals surface area contributed by atoms with Crippen molar-refractivity contribution in [2.24, 2.45) is 0 Å². The van der Waals surface area contributed by atoms with Crippen molar-refractivity contribution >= 4 is 5.57 Å². The van der Waals surface area contributed by atoms with Crippen molar-refractivity contribution in [2.75, 3.05) is 0 Å². The minimum atomic E-state index is -0.571. The number of allylic oxidation sites excluding steroid dienone is 1. The normalized spacial score (nSPS) is 13.9. The van der Waals surface area contributed by atoms with Crippen LogP contribution in [0, 0.1) is 0 Å². The average molecular weight is 769 g/mol. The maximum absolute atomic E-state index is 7.14. The average Bonchev–Trinajstić information content (AvgIpc) is 3.62. The Bertz CT molecular complexity index is 3090. The lowest BCUT2D eigenvalue weighted by molar-refractivity contribution is 0.436. The van der Waals surface area contributed by atoms with E-state index in [0.29, 0.717) is 17.5 Å². The van der Waals surface area contributed by atoms with E-state index in [-0.39, 0.29) is 0 Å². The molecule has 9 aromatic rings. The molecule has 1 spiro atoms. The molecule has 0 unspecified atom stereocenters. The van der Waals surface area contributed by atoms with Crippen LogP contribution in [0.2, 0.25) is 0 Å². The quantitative estimate of drug-likeness (QED) is 0.174. The molecule has 0 radical (unpaired) electrons. The highest BCUT2D eigenvalue weighted by molar-refractivity contribution is 5.90. The standard InChI is InChI=1S/C55H36N4O/c1-3-14-36(15-4-1)52-57-53(37-16-5-2-6-17-37)59-54(58-52)41-20-11-19-38(32-41)39-27-29-47-49(33-39)60-50-34-40(42-24-12-18-35-21-13-31-56-51(35)42)28-30-48(50)55(47)45-25-9-7-22-43(45)44-23-8-10-26-46(44)55/h1-11,13-17,19-34H,12,18H2. The molecule has 282 valence electrons. The Morgan fingerprint density at radius 2 is 0.950 bits per heavy atom. The van der Waals surface area contributed by atoms with Crippen LogP contribution in [0.5, 0.6) is 11.5 Å². The minimum Gasteiger partial charge on any atom is -0.457 e. The Hall–Kier alpha value is -7.76. The van der Waals surface area contributed by atoms with Crippen LogP contribution in [0.25, 0.3) is 62.0 Å². The maximum atomic E-state index is 7.14. The van der Waals surface area contributed by atoms with Crippen molar-refractivity contribution in [1.29, 1.82) is 0 Å². The first-order chi connectivity index (χ1) is 29.7. The van der Waals surface area contributed by atoms with E-state index in [4.69, 9.17) is 24.7 Å². The van der Waals surface area contributed by atoms with Crippen molar-refractivity contribution in [3.8, 4) is 67.9 Å². The number of pyridine rings is 1. The molecule has 0 fully saturated rings. The Morgan fingerprint density at radius 1 is 0.417 bits per heavy atom. The number of aromatic nitrogens is 4. The lowest BCUT2D eigenvalue weighted by Gasteiger charge is -2.39. The smallest absolute Gasteiger partial charge is 0.164 e. The first-order valence-corrected chi connectivity index (χ1v) is 20.5. The van der Waals surface area contributed by atoms with Gasteiger partial charge in [0.1, 0.15) is 11.5 Å². The molecule has 0 amide bonds. The lowest BCUT2D eigenvalue weighted by Crippen LogP contribution is -2.32. The van der Waals surface area contributed by atoms with Crippen LogP contribution in [-0.4, -0.2) is 19.9 Å². The van der Waals surface area contributed by atoms with Gasteiger partial charge in [0.05, 0.1) is 11.1 Å². The van der Waals surface area contributed by atoms with Gasteiger partial charge in [-0.2, -0.15) is 0 Å². The van der Waals surface area contributed by atoms with Gasteiger partial charge in [-0.25, -0.2) is 15.0 Å². The Labute approximate surface area is 348 Å². The molecule has 12 rings (SSSR count). The SMILES string of the molecule is C1=C(c2ccc3c(c2)Oc2cc(-c4cccc(-c5nc(-c6ccccc6)nc(-c6ccccc6)n5)c4)ccc2C32c3ccccc3-c3ccccc32)c2ncccc2CC1. The van der Waals surface area contributed by atoms with Crippen molar-refractivity contribution < 1.29 is 4.74 Å². The third kappa shape index (κ3) is 5.33. The highest BCUT2D eigenvalue weighted by Crippen LogP contribution is 2.62. The molecule has 2 aliphatic carbocycles. The van der Waals surface area contributed by atoms with Gasteiger partial charge < -0.3 is 4.74 Å². The van der Waals surface area contributed by atoms with Crippen LogP contribution in [0.1, 0.15) is 45.5 Å². The number of nitrogens with zero attached hydrogens (tertiary/aromatic N) is 4.